The van der Waals surface area contributed by atoms with Crippen molar-refractivity contribution in [3.8, 4) is 0 Å². The van der Waals surface area contributed by atoms with Crippen LogP contribution in [0.15, 0.2) is 16.3 Å². The van der Waals surface area contributed by atoms with Gasteiger partial charge >= 0.3 is 0 Å². The standard InChI is InChI=1S/C17H30N2O/c1-3-5-12-19(11-4-2)15-9-10-16-14(13-15)7-6-8-17(16)18-20/h15,20H,3-13H2,1-2H3. The Labute approximate surface area is 123 Å². The third kappa shape index (κ3) is 3.63. The molecule has 3 heteroatoms. The van der Waals surface area contributed by atoms with E-state index in [-0.39, 0.29) is 0 Å². The number of unbranched alkanes of at least 4 members (excludes halogenated alkanes) is 1. The summed E-state index contributed by atoms with van der Waals surface area (Å²) in [6.45, 7) is 7.03. The largest absolute Gasteiger partial charge is 0.411 e. The van der Waals surface area contributed by atoms with Crippen LogP contribution in [0.4, 0.5) is 0 Å². The van der Waals surface area contributed by atoms with E-state index < -0.39 is 0 Å². The number of rotatable bonds is 6. The lowest BCUT2D eigenvalue weighted by atomic mass is 9.78. The molecule has 2 aliphatic rings. The molecule has 0 amide bonds. The van der Waals surface area contributed by atoms with E-state index in [0.717, 1.165) is 31.0 Å². The fraction of sp³-hybridized carbons (Fsp3) is 0.824. The van der Waals surface area contributed by atoms with Gasteiger partial charge in [0.05, 0.1) is 5.71 Å². The van der Waals surface area contributed by atoms with Gasteiger partial charge in [-0.15, -0.1) is 0 Å². The molecule has 0 spiro atoms. The molecule has 20 heavy (non-hydrogen) atoms. The smallest absolute Gasteiger partial charge is 0.0827 e. The van der Waals surface area contributed by atoms with Crippen LogP contribution in [0.1, 0.15) is 71.6 Å². The number of nitrogens with zero attached hydrogens (tertiary/aromatic N) is 2. The molecular formula is C17H30N2O. The van der Waals surface area contributed by atoms with Crippen molar-refractivity contribution in [3.05, 3.63) is 11.1 Å². The Balaban J connectivity index is 2.04. The number of allylic oxidation sites excluding steroid dienone is 1. The van der Waals surface area contributed by atoms with Gasteiger partial charge in [0.25, 0.3) is 0 Å². The van der Waals surface area contributed by atoms with E-state index in [1.807, 2.05) is 0 Å². The molecule has 0 radical (unpaired) electrons. The average molecular weight is 278 g/mol. The van der Waals surface area contributed by atoms with E-state index in [0.29, 0.717) is 0 Å². The molecule has 0 aliphatic heterocycles. The van der Waals surface area contributed by atoms with Crippen LogP contribution in [0.2, 0.25) is 0 Å². The summed E-state index contributed by atoms with van der Waals surface area (Å²) in [5, 5.41) is 12.7. The van der Waals surface area contributed by atoms with Crippen molar-refractivity contribution in [2.75, 3.05) is 13.1 Å². The summed E-state index contributed by atoms with van der Waals surface area (Å²) in [6.07, 6.45) is 10.7. The summed E-state index contributed by atoms with van der Waals surface area (Å²) < 4.78 is 0. The zero-order chi connectivity index (χ0) is 14.4. The maximum atomic E-state index is 9.15. The molecule has 1 unspecified atom stereocenters. The summed E-state index contributed by atoms with van der Waals surface area (Å²) in [6, 6.07) is 0.721. The molecule has 2 rings (SSSR count). The molecule has 0 aromatic carbocycles. The van der Waals surface area contributed by atoms with Crippen LogP contribution in [0, 0.1) is 0 Å². The maximum Gasteiger partial charge on any atom is 0.0827 e. The van der Waals surface area contributed by atoms with Gasteiger partial charge in [-0.1, -0.05) is 31.0 Å². The number of hydrogen-bond donors (Lipinski definition) is 1. The predicted molar refractivity (Wildman–Crippen MR) is 84.5 cm³/mol. The first-order chi connectivity index (χ1) is 9.80. The summed E-state index contributed by atoms with van der Waals surface area (Å²) >= 11 is 0. The Kier molecular flexibility index (Phi) is 6.08. The zero-order valence-corrected chi connectivity index (χ0v) is 13.2. The molecule has 2 aliphatic carbocycles. The maximum absolute atomic E-state index is 9.15. The quantitative estimate of drug-likeness (QED) is 0.579. The lowest BCUT2D eigenvalue weighted by Gasteiger charge is -2.37. The zero-order valence-electron chi connectivity index (χ0n) is 13.2. The highest BCUT2D eigenvalue weighted by Crippen LogP contribution is 2.36. The second-order valence-corrected chi connectivity index (χ2v) is 6.27. The van der Waals surface area contributed by atoms with Crippen molar-refractivity contribution in [2.45, 2.75) is 77.7 Å². The lowest BCUT2D eigenvalue weighted by molar-refractivity contribution is 0.176. The third-order valence-corrected chi connectivity index (χ3v) is 4.82. The molecule has 0 heterocycles. The van der Waals surface area contributed by atoms with Gasteiger partial charge in [0, 0.05) is 6.04 Å². The molecule has 0 saturated carbocycles. The van der Waals surface area contributed by atoms with Gasteiger partial charge < -0.3 is 10.1 Å². The van der Waals surface area contributed by atoms with Crippen molar-refractivity contribution >= 4 is 5.71 Å². The second-order valence-electron chi connectivity index (χ2n) is 6.27. The summed E-state index contributed by atoms with van der Waals surface area (Å²) in [5.41, 5.74) is 3.94. The van der Waals surface area contributed by atoms with Crippen molar-refractivity contribution in [2.24, 2.45) is 5.16 Å². The van der Waals surface area contributed by atoms with E-state index >= 15 is 0 Å². The summed E-state index contributed by atoms with van der Waals surface area (Å²) in [5.74, 6) is 0. The van der Waals surface area contributed by atoms with Crippen molar-refractivity contribution in [1.29, 1.82) is 0 Å². The van der Waals surface area contributed by atoms with Crippen molar-refractivity contribution < 1.29 is 5.21 Å². The number of oxime groups is 1. The van der Waals surface area contributed by atoms with Gasteiger partial charge in [-0.3, -0.25) is 0 Å². The molecule has 3 nitrogen and oxygen atoms in total. The second kappa shape index (κ2) is 7.82. The molecule has 1 N–H and O–H groups in total. The topological polar surface area (TPSA) is 35.8 Å². The summed E-state index contributed by atoms with van der Waals surface area (Å²) in [7, 11) is 0. The first-order valence-corrected chi connectivity index (χ1v) is 8.46. The van der Waals surface area contributed by atoms with Gasteiger partial charge in [-0.25, -0.2) is 0 Å². The van der Waals surface area contributed by atoms with E-state index in [9.17, 15) is 0 Å². The molecule has 0 aromatic rings. The number of hydrogen-bond acceptors (Lipinski definition) is 3. The van der Waals surface area contributed by atoms with Crippen LogP contribution < -0.4 is 0 Å². The third-order valence-electron chi connectivity index (χ3n) is 4.82. The molecule has 0 saturated heterocycles. The van der Waals surface area contributed by atoms with Gasteiger partial charge in [0.2, 0.25) is 0 Å². The fourth-order valence-electron chi connectivity index (χ4n) is 3.77. The minimum atomic E-state index is 0.721. The SMILES string of the molecule is CCCCN(CCC)C1CCC2=C(CCCC2=NO)C1. The summed E-state index contributed by atoms with van der Waals surface area (Å²) in [4.78, 5) is 2.71. The first kappa shape index (κ1) is 15.6. The van der Waals surface area contributed by atoms with Crippen LogP contribution in [-0.2, 0) is 0 Å². The van der Waals surface area contributed by atoms with Crippen LogP contribution in [0.5, 0.6) is 0 Å². The Morgan fingerprint density at radius 3 is 2.70 bits per heavy atom. The van der Waals surface area contributed by atoms with E-state index in [4.69, 9.17) is 5.21 Å². The van der Waals surface area contributed by atoms with E-state index in [2.05, 4.69) is 23.9 Å². The monoisotopic (exact) mass is 278 g/mol. The van der Waals surface area contributed by atoms with Gasteiger partial charge in [-0.2, -0.15) is 0 Å². The van der Waals surface area contributed by atoms with Gasteiger partial charge in [0.15, 0.2) is 0 Å². The highest BCUT2D eigenvalue weighted by atomic mass is 16.4. The Bertz CT molecular complexity index is 373. The van der Waals surface area contributed by atoms with Crippen LogP contribution >= 0.6 is 0 Å². The predicted octanol–water partition coefficient (Wildman–Crippen LogP) is 4.36. The Morgan fingerprint density at radius 1 is 1.15 bits per heavy atom. The van der Waals surface area contributed by atoms with Gasteiger partial charge in [-0.05, 0) is 70.0 Å². The van der Waals surface area contributed by atoms with E-state index in [1.165, 1.54) is 57.2 Å². The molecule has 114 valence electrons. The van der Waals surface area contributed by atoms with Crippen molar-refractivity contribution in [3.63, 3.8) is 0 Å². The molecular weight excluding hydrogens is 248 g/mol. The normalized spacial score (nSPS) is 25.4. The van der Waals surface area contributed by atoms with Crippen LogP contribution in [-0.4, -0.2) is 35.0 Å². The van der Waals surface area contributed by atoms with Crippen LogP contribution in [0.3, 0.4) is 0 Å². The minimum absolute atomic E-state index is 0.721. The average Bonchev–Trinajstić information content (AvgIpc) is 2.50. The fourth-order valence-corrected chi connectivity index (χ4v) is 3.77. The molecule has 0 bridgehead atoms. The highest BCUT2D eigenvalue weighted by Gasteiger charge is 2.29. The first-order valence-electron chi connectivity index (χ1n) is 8.46. The molecule has 1 atom stereocenters. The Morgan fingerprint density at radius 2 is 2.00 bits per heavy atom. The van der Waals surface area contributed by atoms with E-state index in [1.54, 1.807) is 5.57 Å². The molecule has 0 fully saturated rings. The highest BCUT2D eigenvalue weighted by molar-refractivity contribution is 6.01. The molecule has 0 aromatic heterocycles. The van der Waals surface area contributed by atoms with Gasteiger partial charge in [0.1, 0.15) is 0 Å². The van der Waals surface area contributed by atoms with Crippen molar-refractivity contribution in [1.82, 2.24) is 4.90 Å². The minimum Gasteiger partial charge on any atom is -0.411 e. The van der Waals surface area contributed by atoms with Crippen LogP contribution in [0.25, 0.3) is 0 Å². The lowest BCUT2D eigenvalue weighted by Crippen LogP contribution is -2.39. The Hall–Kier alpha value is -0.830.